The Morgan fingerprint density at radius 3 is 2.33 bits per heavy atom. The van der Waals surface area contributed by atoms with E-state index in [1.54, 1.807) is 24.3 Å². The summed E-state index contributed by atoms with van der Waals surface area (Å²) >= 11 is 5.77. The third-order valence-corrected chi connectivity index (χ3v) is 2.51. The van der Waals surface area contributed by atoms with Gasteiger partial charge in [-0.15, -0.1) is 0 Å². The van der Waals surface area contributed by atoms with Gasteiger partial charge in [-0.25, -0.2) is 0 Å². The van der Waals surface area contributed by atoms with Crippen molar-refractivity contribution in [3.63, 3.8) is 0 Å². The van der Waals surface area contributed by atoms with Gasteiger partial charge in [-0.2, -0.15) is 0 Å². The van der Waals surface area contributed by atoms with Gasteiger partial charge in [0.25, 0.3) is 5.91 Å². The highest BCUT2D eigenvalue weighted by atomic mass is 35.5. The third kappa shape index (κ3) is 3.24. The molecule has 1 amide bonds. The second-order valence-electron chi connectivity index (χ2n) is 3.39. The van der Waals surface area contributed by atoms with Crippen LogP contribution in [0.15, 0.2) is 24.3 Å². The molecule has 0 heterocycles. The van der Waals surface area contributed by atoms with Gasteiger partial charge in [0.15, 0.2) is 0 Å². The number of hydrogen-bond acceptors (Lipinski definition) is 1. The molecule has 0 radical (unpaired) electrons. The van der Waals surface area contributed by atoms with Gasteiger partial charge >= 0.3 is 0 Å². The first-order valence-corrected chi connectivity index (χ1v) is 5.61. The summed E-state index contributed by atoms with van der Waals surface area (Å²) < 4.78 is 0. The van der Waals surface area contributed by atoms with Gasteiger partial charge in [-0.05, 0) is 37.6 Å². The molecule has 15 heavy (non-hydrogen) atoms. The molecule has 2 nitrogen and oxygen atoms in total. The van der Waals surface area contributed by atoms with E-state index in [4.69, 9.17) is 11.6 Å². The molecule has 0 saturated heterocycles. The van der Waals surface area contributed by atoms with Crippen molar-refractivity contribution in [3.05, 3.63) is 34.9 Å². The fourth-order valence-electron chi connectivity index (χ4n) is 1.45. The quantitative estimate of drug-likeness (QED) is 0.771. The molecule has 0 unspecified atom stereocenters. The second-order valence-corrected chi connectivity index (χ2v) is 3.83. The molecule has 0 fully saturated rings. The van der Waals surface area contributed by atoms with E-state index in [0.717, 1.165) is 19.5 Å². The van der Waals surface area contributed by atoms with Crippen LogP contribution >= 0.6 is 11.6 Å². The molecule has 1 aromatic carbocycles. The predicted octanol–water partition coefficient (Wildman–Crippen LogP) is 3.21. The number of hydrogen-bond donors (Lipinski definition) is 0. The maximum absolute atomic E-state index is 12.0. The van der Waals surface area contributed by atoms with Crippen molar-refractivity contribution < 1.29 is 4.79 Å². The lowest BCUT2D eigenvalue weighted by atomic mass is 10.2. The van der Waals surface area contributed by atoms with Crippen molar-refractivity contribution in [1.29, 1.82) is 0 Å². The predicted molar refractivity (Wildman–Crippen MR) is 63.3 cm³/mol. The van der Waals surface area contributed by atoms with Gasteiger partial charge in [0.2, 0.25) is 0 Å². The molecule has 82 valence electrons. The lowest BCUT2D eigenvalue weighted by Crippen LogP contribution is -2.31. The molecule has 1 rings (SSSR count). The minimum atomic E-state index is 0.0796. The van der Waals surface area contributed by atoms with Gasteiger partial charge in [-0.1, -0.05) is 18.5 Å². The van der Waals surface area contributed by atoms with Gasteiger partial charge in [-0.3, -0.25) is 4.79 Å². The van der Waals surface area contributed by atoms with E-state index in [-0.39, 0.29) is 5.91 Å². The number of halogens is 1. The number of carbonyl (C=O) groups is 1. The zero-order valence-electron chi connectivity index (χ0n) is 9.16. The van der Waals surface area contributed by atoms with Crippen LogP contribution in [0.5, 0.6) is 0 Å². The fraction of sp³-hybridized carbons (Fsp3) is 0.417. The second kappa shape index (κ2) is 5.76. The Balaban J connectivity index is 2.78. The van der Waals surface area contributed by atoms with Crippen LogP contribution in [0.3, 0.4) is 0 Å². The van der Waals surface area contributed by atoms with E-state index < -0.39 is 0 Å². The van der Waals surface area contributed by atoms with Crippen molar-refractivity contribution in [1.82, 2.24) is 4.90 Å². The van der Waals surface area contributed by atoms with Crippen LogP contribution in [0.1, 0.15) is 30.6 Å². The third-order valence-electron chi connectivity index (χ3n) is 2.25. The Hall–Kier alpha value is -1.02. The van der Waals surface area contributed by atoms with Gasteiger partial charge in [0.05, 0.1) is 0 Å². The summed E-state index contributed by atoms with van der Waals surface area (Å²) in [7, 11) is 0. The van der Waals surface area contributed by atoms with Crippen LogP contribution in [-0.2, 0) is 0 Å². The van der Waals surface area contributed by atoms with E-state index in [0.29, 0.717) is 10.6 Å². The van der Waals surface area contributed by atoms with Crippen molar-refractivity contribution >= 4 is 17.5 Å². The summed E-state index contributed by atoms with van der Waals surface area (Å²) in [6.07, 6.45) is 0.979. The first-order chi connectivity index (χ1) is 7.19. The summed E-state index contributed by atoms with van der Waals surface area (Å²) in [6.45, 7) is 5.61. The molecule has 0 atom stereocenters. The number of amides is 1. The Labute approximate surface area is 95.8 Å². The average Bonchev–Trinajstić information content (AvgIpc) is 2.26. The zero-order valence-corrected chi connectivity index (χ0v) is 9.92. The van der Waals surface area contributed by atoms with Crippen LogP contribution < -0.4 is 0 Å². The topological polar surface area (TPSA) is 20.3 Å². The number of carbonyl (C=O) groups excluding carboxylic acids is 1. The maximum Gasteiger partial charge on any atom is 0.253 e. The monoisotopic (exact) mass is 225 g/mol. The van der Waals surface area contributed by atoms with Crippen molar-refractivity contribution in [2.75, 3.05) is 13.1 Å². The lowest BCUT2D eigenvalue weighted by Gasteiger charge is -2.19. The Morgan fingerprint density at radius 2 is 1.87 bits per heavy atom. The highest BCUT2D eigenvalue weighted by Crippen LogP contribution is 2.11. The van der Waals surface area contributed by atoms with E-state index in [9.17, 15) is 4.79 Å². The molecule has 0 bridgehead atoms. The molecular weight excluding hydrogens is 210 g/mol. The molecule has 3 heteroatoms. The molecule has 0 saturated carbocycles. The summed E-state index contributed by atoms with van der Waals surface area (Å²) in [5, 5.41) is 0.657. The Kier molecular flexibility index (Phi) is 4.63. The largest absolute Gasteiger partial charge is 0.339 e. The molecule has 0 spiro atoms. The van der Waals surface area contributed by atoms with E-state index in [2.05, 4.69) is 6.92 Å². The van der Waals surface area contributed by atoms with E-state index >= 15 is 0 Å². The molecule has 0 aliphatic rings. The fourth-order valence-corrected chi connectivity index (χ4v) is 1.57. The first-order valence-electron chi connectivity index (χ1n) is 5.23. The van der Waals surface area contributed by atoms with Crippen molar-refractivity contribution in [3.8, 4) is 0 Å². The summed E-state index contributed by atoms with van der Waals surface area (Å²) in [6, 6.07) is 7.02. The summed E-state index contributed by atoms with van der Waals surface area (Å²) in [5.74, 6) is 0.0796. The van der Waals surface area contributed by atoms with Crippen molar-refractivity contribution in [2.24, 2.45) is 0 Å². The number of benzene rings is 1. The average molecular weight is 226 g/mol. The van der Waals surface area contributed by atoms with Crippen LogP contribution in [0.2, 0.25) is 5.02 Å². The smallest absolute Gasteiger partial charge is 0.253 e. The SMILES string of the molecule is CCCN(CC)C(=O)c1ccc(Cl)cc1. The van der Waals surface area contributed by atoms with E-state index in [1.807, 2.05) is 11.8 Å². The number of rotatable bonds is 4. The minimum Gasteiger partial charge on any atom is -0.339 e. The molecule has 0 aromatic heterocycles. The molecule has 0 aliphatic heterocycles. The maximum atomic E-state index is 12.0. The van der Waals surface area contributed by atoms with Crippen LogP contribution in [0.4, 0.5) is 0 Å². The van der Waals surface area contributed by atoms with Gasteiger partial charge < -0.3 is 4.90 Å². The first kappa shape index (κ1) is 12.1. The van der Waals surface area contributed by atoms with E-state index in [1.165, 1.54) is 0 Å². The minimum absolute atomic E-state index is 0.0796. The highest BCUT2D eigenvalue weighted by molar-refractivity contribution is 6.30. The standard InChI is InChI=1S/C12H16ClNO/c1-3-9-14(4-2)12(15)10-5-7-11(13)8-6-10/h5-8H,3-4,9H2,1-2H3. The van der Waals surface area contributed by atoms with Crippen molar-refractivity contribution in [2.45, 2.75) is 20.3 Å². The van der Waals surface area contributed by atoms with Crippen LogP contribution in [0, 0.1) is 0 Å². The lowest BCUT2D eigenvalue weighted by molar-refractivity contribution is 0.0764. The molecular formula is C12H16ClNO. The summed E-state index contributed by atoms with van der Waals surface area (Å²) in [4.78, 5) is 13.8. The molecule has 0 aliphatic carbocycles. The van der Waals surface area contributed by atoms with Crippen LogP contribution in [-0.4, -0.2) is 23.9 Å². The molecule has 0 N–H and O–H groups in total. The Bertz CT molecular complexity index is 321. The molecule has 1 aromatic rings. The van der Waals surface area contributed by atoms with Crippen LogP contribution in [0.25, 0.3) is 0 Å². The highest BCUT2D eigenvalue weighted by Gasteiger charge is 2.12. The zero-order chi connectivity index (χ0) is 11.3. The number of nitrogens with zero attached hydrogens (tertiary/aromatic N) is 1. The summed E-state index contributed by atoms with van der Waals surface area (Å²) in [5.41, 5.74) is 0.703. The normalized spacial score (nSPS) is 10.1. The van der Waals surface area contributed by atoms with Gasteiger partial charge in [0, 0.05) is 23.7 Å². The van der Waals surface area contributed by atoms with Gasteiger partial charge in [0.1, 0.15) is 0 Å². The Morgan fingerprint density at radius 1 is 1.27 bits per heavy atom.